The zero-order chi connectivity index (χ0) is 14.0. The SMILES string of the molecule is Cc1cc(N)c(Cl)cc1NC(=O)c1ccccc1Cl. The molecule has 19 heavy (non-hydrogen) atoms. The van der Waals surface area contributed by atoms with Crippen LogP contribution < -0.4 is 11.1 Å². The number of aryl methyl sites for hydroxylation is 1. The van der Waals surface area contributed by atoms with E-state index in [4.69, 9.17) is 28.9 Å². The lowest BCUT2D eigenvalue weighted by atomic mass is 10.1. The van der Waals surface area contributed by atoms with Crippen molar-refractivity contribution in [2.75, 3.05) is 11.1 Å². The van der Waals surface area contributed by atoms with Crippen molar-refractivity contribution in [3.05, 3.63) is 57.6 Å². The molecule has 0 spiro atoms. The third-order valence-corrected chi connectivity index (χ3v) is 3.37. The number of nitrogens with two attached hydrogens (primary N) is 1. The maximum atomic E-state index is 12.1. The maximum Gasteiger partial charge on any atom is 0.257 e. The van der Waals surface area contributed by atoms with E-state index in [0.717, 1.165) is 5.56 Å². The minimum atomic E-state index is -0.283. The van der Waals surface area contributed by atoms with Crippen LogP contribution in [-0.4, -0.2) is 5.91 Å². The third kappa shape index (κ3) is 3.00. The second-order valence-electron chi connectivity index (χ2n) is 4.12. The van der Waals surface area contributed by atoms with Crippen molar-refractivity contribution in [1.82, 2.24) is 0 Å². The van der Waals surface area contributed by atoms with Gasteiger partial charge in [-0.25, -0.2) is 0 Å². The molecular weight excluding hydrogens is 283 g/mol. The summed E-state index contributed by atoms with van der Waals surface area (Å²) in [5.41, 5.74) is 8.04. The fourth-order valence-electron chi connectivity index (χ4n) is 1.67. The number of halogens is 2. The maximum absolute atomic E-state index is 12.1. The van der Waals surface area contributed by atoms with Crippen LogP contribution in [0.15, 0.2) is 36.4 Å². The lowest BCUT2D eigenvalue weighted by molar-refractivity contribution is 0.102. The number of rotatable bonds is 2. The first-order valence-electron chi connectivity index (χ1n) is 5.60. The standard InChI is InChI=1S/C14H12Cl2N2O/c1-8-6-12(17)11(16)7-13(8)18-14(19)9-4-2-3-5-10(9)15/h2-7H,17H2,1H3,(H,18,19). The zero-order valence-electron chi connectivity index (χ0n) is 10.2. The quantitative estimate of drug-likeness (QED) is 0.818. The molecule has 0 radical (unpaired) electrons. The average Bonchev–Trinajstić information content (AvgIpc) is 2.36. The Labute approximate surface area is 121 Å². The summed E-state index contributed by atoms with van der Waals surface area (Å²) in [5.74, 6) is -0.283. The fraction of sp³-hybridized carbons (Fsp3) is 0.0714. The number of nitrogens with one attached hydrogen (secondary N) is 1. The molecule has 0 fully saturated rings. The van der Waals surface area contributed by atoms with Crippen molar-refractivity contribution in [3.8, 4) is 0 Å². The first kappa shape index (κ1) is 13.7. The molecule has 0 aliphatic rings. The summed E-state index contributed by atoms with van der Waals surface area (Å²) in [4.78, 5) is 12.1. The Hall–Kier alpha value is -1.71. The van der Waals surface area contributed by atoms with Crippen molar-refractivity contribution in [3.63, 3.8) is 0 Å². The summed E-state index contributed by atoms with van der Waals surface area (Å²) in [5, 5.41) is 3.58. The van der Waals surface area contributed by atoms with E-state index in [9.17, 15) is 4.79 Å². The lowest BCUT2D eigenvalue weighted by Gasteiger charge is -2.11. The molecule has 5 heteroatoms. The van der Waals surface area contributed by atoms with Gasteiger partial charge in [-0.15, -0.1) is 0 Å². The van der Waals surface area contributed by atoms with Gasteiger partial charge in [0.05, 0.1) is 21.3 Å². The molecule has 0 heterocycles. The summed E-state index contributed by atoms with van der Waals surface area (Å²) in [6.45, 7) is 1.84. The third-order valence-electron chi connectivity index (χ3n) is 2.71. The van der Waals surface area contributed by atoms with E-state index >= 15 is 0 Å². The minimum Gasteiger partial charge on any atom is -0.398 e. The van der Waals surface area contributed by atoms with Crippen LogP contribution in [0.5, 0.6) is 0 Å². The molecule has 1 amide bonds. The molecule has 2 rings (SSSR count). The van der Waals surface area contributed by atoms with E-state index in [2.05, 4.69) is 5.32 Å². The number of carbonyl (C=O) groups is 1. The predicted molar refractivity (Wildman–Crippen MR) is 80.0 cm³/mol. The molecule has 0 atom stereocenters. The smallest absolute Gasteiger partial charge is 0.257 e. The normalized spacial score (nSPS) is 10.3. The van der Waals surface area contributed by atoms with Crippen molar-refractivity contribution in [1.29, 1.82) is 0 Å². The number of benzene rings is 2. The summed E-state index contributed by atoms with van der Waals surface area (Å²) in [6, 6.07) is 10.2. The molecule has 3 nitrogen and oxygen atoms in total. The molecule has 0 saturated carbocycles. The first-order valence-corrected chi connectivity index (χ1v) is 6.36. The molecule has 0 aliphatic carbocycles. The molecule has 0 aromatic heterocycles. The van der Waals surface area contributed by atoms with Crippen LogP contribution in [0.25, 0.3) is 0 Å². The summed E-state index contributed by atoms with van der Waals surface area (Å²) >= 11 is 11.9. The van der Waals surface area contributed by atoms with Crippen molar-refractivity contribution in [2.45, 2.75) is 6.92 Å². The summed E-state index contributed by atoms with van der Waals surface area (Å²) < 4.78 is 0. The molecule has 3 N–H and O–H groups in total. The van der Waals surface area contributed by atoms with E-state index in [0.29, 0.717) is 27.0 Å². The summed E-state index contributed by atoms with van der Waals surface area (Å²) in [6.07, 6.45) is 0. The van der Waals surface area contributed by atoms with Gasteiger partial charge in [-0.3, -0.25) is 4.79 Å². The van der Waals surface area contributed by atoms with Gasteiger partial charge in [0.15, 0.2) is 0 Å². The molecule has 2 aromatic rings. The van der Waals surface area contributed by atoms with Gasteiger partial charge in [0, 0.05) is 5.69 Å². The Kier molecular flexibility index (Phi) is 3.98. The average molecular weight is 295 g/mol. The highest BCUT2D eigenvalue weighted by Crippen LogP contribution is 2.27. The van der Waals surface area contributed by atoms with E-state index < -0.39 is 0 Å². The Morgan fingerprint density at radius 3 is 2.53 bits per heavy atom. The van der Waals surface area contributed by atoms with Gasteiger partial charge in [-0.1, -0.05) is 35.3 Å². The largest absolute Gasteiger partial charge is 0.398 e. The van der Waals surface area contributed by atoms with Gasteiger partial charge in [0.25, 0.3) is 5.91 Å². The van der Waals surface area contributed by atoms with Crippen LogP contribution in [0, 0.1) is 6.92 Å². The molecule has 0 unspecified atom stereocenters. The Bertz CT molecular complexity index is 641. The molecule has 0 aliphatic heterocycles. The van der Waals surface area contributed by atoms with Crippen LogP contribution in [0.2, 0.25) is 10.0 Å². The number of hydrogen-bond acceptors (Lipinski definition) is 2. The van der Waals surface area contributed by atoms with Crippen LogP contribution in [0.1, 0.15) is 15.9 Å². The van der Waals surface area contributed by atoms with E-state index in [1.165, 1.54) is 0 Å². The van der Waals surface area contributed by atoms with E-state index in [1.807, 2.05) is 6.92 Å². The number of carbonyl (C=O) groups excluding carboxylic acids is 1. The molecule has 0 saturated heterocycles. The van der Waals surface area contributed by atoms with Crippen molar-refractivity contribution >= 4 is 40.5 Å². The van der Waals surface area contributed by atoms with Crippen LogP contribution in [0.4, 0.5) is 11.4 Å². The Balaban J connectivity index is 2.30. The Morgan fingerprint density at radius 1 is 1.16 bits per heavy atom. The lowest BCUT2D eigenvalue weighted by Crippen LogP contribution is -2.13. The number of amides is 1. The van der Waals surface area contributed by atoms with Crippen LogP contribution in [0.3, 0.4) is 0 Å². The van der Waals surface area contributed by atoms with Gasteiger partial charge >= 0.3 is 0 Å². The van der Waals surface area contributed by atoms with Crippen LogP contribution >= 0.6 is 23.2 Å². The fourth-order valence-corrected chi connectivity index (χ4v) is 2.06. The van der Waals surface area contributed by atoms with Crippen molar-refractivity contribution < 1.29 is 4.79 Å². The highest BCUT2D eigenvalue weighted by molar-refractivity contribution is 6.35. The molecule has 2 aromatic carbocycles. The first-order chi connectivity index (χ1) is 8.99. The minimum absolute atomic E-state index is 0.283. The number of nitrogen functional groups attached to an aromatic ring is 1. The predicted octanol–water partition coefficient (Wildman–Crippen LogP) is 4.14. The highest BCUT2D eigenvalue weighted by atomic mass is 35.5. The van der Waals surface area contributed by atoms with E-state index in [1.54, 1.807) is 36.4 Å². The van der Waals surface area contributed by atoms with Crippen LogP contribution in [-0.2, 0) is 0 Å². The van der Waals surface area contributed by atoms with Gasteiger partial charge in [-0.2, -0.15) is 0 Å². The molecular formula is C14H12Cl2N2O. The van der Waals surface area contributed by atoms with Crippen molar-refractivity contribution in [2.24, 2.45) is 0 Å². The van der Waals surface area contributed by atoms with E-state index in [-0.39, 0.29) is 5.91 Å². The number of hydrogen-bond donors (Lipinski definition) is 2. The van der Waals surface area contributed by atoms with Gasteiger partial charge in [-0.05, 0) is 36.8 Å². The van der Waals surface area contributed by atoms with Gasteiger partial charge in [0.1, 0.15) is 0 Å². The van der Waals surface area contributed by atoms with Gasteiger partial charge in [0.2, 0.25) is 0 Å². The zero-order valence-corrected chi connectivity index (χ0v) is 11.7. The molecule has 0 bridgehead atoms. The second kappa shape index (κ2) is 5.51. The second-order valence-corrected chi connectivity index (χ2v) is 4.94. The highest BCUT2D eigenvalue weighted by Gasteiger charge is 2.12. The number of anilines is 2. The topological polar surface area (TPSA) is 55.1 Å². The molecule has 98 valence electrons. The monoisotopic (exact) mass is 294 g/mol. The summed E-state index contributed by atoms with van der Waals surface area (Å²) in [7, 11) is 0. The van der Waals surface area contributed by atoms with Gasteiger partial charge < -0.3 is 11.1 Å². The Morgan fingerprint density at radius 2 is 1.84 bits per heavy atom.